The van der Waals surface area contributed by atoms with E-state index in [4.69, 9.17) is 4.74 Å². The van der Waals surface area contributed by atoms with Gasteiger partial charge in [0.25, 0.3) is 11.8 Å². The molecule has 0 atom stereocenters. The van der Waals surface area contributed by atoms with Crippen LogP contribution >= 0.6 is 0 Å². The molecule has 0 spiro atoms. The van der Waals surface area contributed by atoms with Gasteiger partial charge < -0.3 is 15.4 Å². The largest absolute Gasteiger partial charge is 0.381 e. The zero-order valence-electron chi connectivity index (χ0n) is 15.3. The third-order valence-corrected chi connectivity index (χ3v) is 3.64. The molecule has 26 heavy (non-hydrogen) atoms. The normalized spacial score (nSPS) is 10.6. The number of carbonyl (C=O) groups excluding carboxylic acids is 2. The Morgan fingerprint density at radius 3 is 2.23 bits per heavy atom. The summed E-state index contributed by atoms with van der Waals surface area (Å²) in [6, 6.07) is 15.8. The van der Waals surface area contributed by atoms with Crippen LogP contribution in [0.15, 0.2) is 54.6 Å². The fourth-order valence-electron chi connectivity index (χ4n) is 2.29. The summed E-state index contributed by atoms with van der Waals surface area (Å²) < 4.78 is 5.48. The second-order valence-corrected chi connectivity index (χ2v) is 6.48. The number of hydrogen-bond acceptors (Lipinski definition) is 3. The van der Waals surface area contributed by atoms with Gasteiger partial charge in [-0.25, -0.2) is 0 Å². The van der Waals surface area contributed by atoms with Gasteiger partial charge in [-0.3, -0.25) is 9.59 Å². The van der Waals surface area contributed by atoms with Gasteiger partial charge in [-0.15, -0.1) is 0 Å². The molecule has 0 bridgehead atoms. The average molecular weight is 354 g/mol. The second-order valence-electron chi connectivity index (χ2n) is 6.48. The van der Waals surface area contributed by atoms with Crippen molar-refractivity contribution in [1.82, 2.24) is 5.32 Å². The molecule has 2 N–H and O–H groups in total. The van der Waals surface area contributed by atoms with Crippen LogP contribution in [0.2, 0.25) is 0 Å². The Morgan fingerprint density at radius 2 is 1.58 bits per heavy atom. The lowest BCUT2D eigenvalue weighted by Gasteiger charge is -2.09. The molecule has 2 aromatic carbocycles. The van der Waals surface area contributed by atoms with Crippen LogP contribution in [-0.2, 0) is 4.74 Å². The molecule has 5 heteroatoms. The van der Waals surface area contributed by atoms with Crippen LogP contribution in [0.4, 0.5) is 5.69 Å². The Morgan fingerprint density at radius 1 is 0.923 bits per heavy atom. The van der Waals surface area contributed by atoms with E-state index in [2.05, 4.69) is 24.5 Å². The van der Waals surface area contributed by atoms with Crippen LogP contribution in [0.5, 0.6) is 0 Å². The average Bonchev–Trinajstić information content (AvgIpc) is 2.65. The van der Waals surface area contributed by atoms with E-state index in [0.717, 1.165) is 13.0 Å². The Kier molecular flexibility index (Phi) is 7.83. The topological polar surface area (TPSA) is 67.4 Å². The Balaban J connectivity index is 1.76. The van der Waals surface area contributed by atoms with E-state index in [-0.39, 0.29) is 11.8 Å². The Labute approximate surface area is 154 Å². The van der Waals surface area contributed by atoms with Crippen molar-refractivity contribution in [3.63, 3.8) is 0 Å². The number of nitrogens with one attached hydrogen (secondary N) is 2. The van der Waals surface area contributed by atoms with E-state index in [0.29, 0.717) is 35.9 Å². The summed E-state index contributed by atoms with van der Waals surface area (Å²) in [5, 5.41) is 5.68. The van der Waals surface area contributed by atoms with Crippen molar-refractivity contribution >= 4 is 17.5 Å². The van der Waals surface area contributed by atoms with Crippen LogP contribution in [0, 0.1) is 5.92 Å². The summed E-state index contributed by atoms with van der Waals surface area (Å²) in [6.07, 6.45) is 0.781. The quantitative estimate of drug-likeness (QED) is 0.674. The number of ether oxygens (including phenoxy) is 1. The highest BCUT2D eigenvalue weighted by atomic mass is 16.5. The van der Waals surface area contributed by atoms with Crippen LogP contribution < -0.4 is 10.6 Å². The molecule has 0 aliphatic heterocycles. The summed E-state index contributed by atoms with van der Waals surface area (Å²) in [6.45, 7) is 6.16. The lowest BCUT2D eigenvalue weighted by atomic mass is 10.1. The van der Waals surface area contributed by atoms with Crippen molar-refractivity contribution in [3.05, 3.63) is 65.7 Å². The molecule has 0 heterocycles. The molecule has 0 saturated carbocycles. The minimum absolute atomic E-state index is 0.130. The van der Waals surface area contributed by atoms with E-state index in [1.165, 1.54) is 0 Å². The van der Waals surface area contributed by atoms with Gasteiger partial charge in [0.15, 0.2) is 0 Å². The highest BCUT2D eigenvalue weighted by molar-refractivity contribution is 6.04. The molecule has 0 saturated heterocycles. The maximum atomic E-state index is 12.1. The maximum absolute atomic E-state index is 12.1. The number of amides is 2. The predicted octanol–water partition coefficient (Wildman–Crippen LogP) is 3.73. The van der Waals surface area contributed by atoms with E-state index in [9.17, 15) is 9.59 Å². The maximum Gasteiger partial charge on any atom is 0.255 e. The summed E-state index contributed by atoms with van der Waals surface area (Å²) in [5.74, 6) is 0.212. The van der Waals surface area contributed by atoms with Crippen LogP contribution in [0.1, 0.15) is 41.0 Å². The smallest absolute Gasteiger partial charge is 0.255 e. The van der Waals surface area contributed by atoms with E-state index < -0.39 is 0 Å². The number of anilines is 1. The number of hydrogen-bond donors (Lipinski definition) is 2. The van der Waals surface area contributed by atoms with Gasteiger partial charge in [-0.2, -0.15) is 0 Å². The minimum atomic E-state index is -0.177. The van der Waals surface area contributed by atoms with E-state index >= 15 is 0 Å². The van der Waals surface area contributed by atoms with Crippen LogP contribution in [0.25, 0.3) is 0 Å². The molecule has 0 unspecified atom stereocenters. The molecule has 2 rings (SSSR count). The molecular formula is C21H26N2O3. The van der Waals surface area contributed by atoms with Crippen molar-refractivity contribution in [2.75, 3.05) is 25.1 Å². The van der Waals surface area contributed by atoms with Crippen LogP contribution in [0.3, 0.4) is 0 Å². The molecule has 0 fully saturated rings. The first kappa shape index (κ1) is 19.7. The van der Waals surface area contributed by atoms with Gasteiger partial charge in [0.2, 0.25) is 0 Å². The Bertz CT molecular complexity index is 697. The lowest BCUT2D eigenvalue weighted by molar-refractivity contribution is 0.0924. The standard InChI is InChI=1S/C21H26N2O3/c1-16(2)15-26-14-6-13-22-20(24)18-9-11-19(12-10-18)23-21(25)17-7-4-3-5-8-17/h3-5,7-12,16H,6,13-15H2,1-2H3,(H,22,24)(H,23,25). The first-order chi connectivity index (χ1) is 12.6. The molecular weight excluding hydrogens is 328 g/mol. The molecule has 0 radical (unpaired) electrons. The molecule has 2 aromatic rings. The van der Waals surface area contributed by atoms with Gasteiger partial charge >= 0.3 is 0 Å². The zero-order chi connectivity index (χ0) is 18.8. The molecule has 0 aliphatic carbocycles. The highest BCUT2D eigenvalue weighted by Crippen LogP contribution is 2.11. The molecule has 2 amide bonds. The first-order valence-electron chi connectivity index (χ1n) is 8.88. The SMILES string of the molecule is CC(C)COCCCNC(=O)c1ccc(NC(=O)c2ccccc2)cc1. The summed E-state index contributed by atoms with van der Waals surface area (Å²) >= 11 is 0. The van der Waals surface area contributed by atoms with E-state index in [1.807, 2.05) is 18.2 Å². The van der Waals surface area contributed by atoms with Crippen molar-refractivity contribution in [3.8, 4) is 0 Å². The second kappa shape index (κ2) is 10.4. The van der Waals surface area contributed by atoms with Crippen molar-refractivity contribution < 1.29 is 14.3 Å². The monoisotopic (exact) mass is 354 g/mol. The van der Waals surface area contributed by atoms with Crippen molar-refractivity contribution in [1.29, 1.82) is 0 Å². The van der Waals surface area contributed by atoms with Crippen molar-refractivity contribution in [2.45, 2.75) is 20.3 Å². The summed E-state index contributed by atoms with van der Waals surface area (Å²) in [4.78, 5) is 24.2. The fraction of sp³-hybridized carbons (Fsp3) is 0.333. The molecule has 0 aromatic heterocycles. The summed E-state index contributed by atoms with van der Waals surface area (Å²) in [5.41, 5.74) is 1.80. The molecule has 138 valence electrons. The van der Waals surface area contributed by atoms with E-state index in [1.54, 1.807) is 36.4 Å². The van der Waals surface area contributed by atoms with Crippen molar-refractivity contribution in [2.24, 2.45) is 5.92 Å². The van der Waals surface area contributed by atoms with Gasteiger partial charge in [0.1, 0.15) is 0 Å². The summed E-state index contributed by atoms with van der Waals surface area (Å²) in [7, 11) is 0. The number of benzene rings is 2. The molecule has 5 nitrogen and oxygen atoms in total. The van der Waals surface area contributed by atoms with Gasteiger partial charge in [-0.1, -0.05) is 32.0 Å². The van der Waals surface area contributed by atoms with Gasteiger partial charge in [0.05, 0.1) is 0 Å². The molecule has 0 aliphatic rings. The van der Waals surface area contributed by atoms with Crippen LogP contribution in [-0.4, -0.2) is 31.6 Å². The first-order valence-corrected chi connectivity index (χ1v) is 8.88. The van der Waals surface area contributed by atoms with Gasteiger partial charge in [-0.05, 0) is 48.7 Å². The predicted molar refractivity (Wildman–Crippen MR) is 103 cm³/mol. The number of rotatable bonds is 9. The zero-order valence-corrected chi connectivity index (χ0v) is 15.3. The lowest BCUT2D eigenvalue weighted by Crippen LogP contribution is -2.25. The number of carbonyl (C=O) groups is 2. The third-order valence-electron chi connectivity index (χ3n) is 3.64. The Hall–Kier alpha value is -2.66. The third kappa shape index (κ3) is 6.69. The highest BCUT2D eigenvalue weighted by Gasteiger charge is 2.07. The van der Waals surface area contributed by atoms with Gasteiger partial charge in [0, 0.05) is 36.6 Å². The minimum Gasteiger partial charge on any atom is -0.381 e. The fourth-order valence-corrected chi connectivity index (χ4v) is 2.29.